The van der Waals surface area contributed by atoms with Crippen molar-refractivity contribution in [2.75, 3.05) is 0 Å². The van der Waals surface area contributed by atoms with Crippen LogP contribution in [0.25, 0.3) is 16.8 Å². The lowest BCUT2D eigenvalue weighted by Crippen LogP contribution is -2.36. The zero-order valence-electron chi connectivity index (χ0n) is 19.1. The van der Waals surface area contributed by atoms with Crippen LogP contribution in [0.2, 0.25) is 5.02 Å². The summed E-state index contributed by atoms with van der Waals surface area (Å²) in [6.45, 7) is 0. The van der Waals surface area contributed by atoms with Gasteiger partial charge in [-0.2, -0.15) is 9.41 Å². The first-order valence-corrected chi connectivity index (χ1v) is 12.0. The van der Waals surface area contributed by atoms with Gasteiger partial charge in [-0.05, 0) is 64.7 Å². The van der Waals surface area contributed by atoms with Gasteiger partial charge in [-0.25, -0.2) is 4.79 Å². The Bertz CT molecular complexity index is 1510. The molecule has 1 atom stereocenters. The lowest BCUT2D eigenvalue weighted by molar-refractivity contribution is -0.614. The van der Waals surface area contributed by atoms with Gasteiger partial charge in [-0.1, -0.05) is 30.5 Å². The Labute approximate surface area is 211 Å². The van der Waals surface area contributed by atoms with Crippen LogP contribution in [0.3, 0.4) is 0 Å². The molecule has 36 heavy (non-hydrogen) atoms. The van der Waals surface area contributed by atoms with E-state index in [2.05, 4.69) is 15.5 Å². The number of carboxylic acids is 1. The van der Waals surface area contributed by atoms with Gasteiger partial charge < -0.3 is 10.3 Å². The van der Waals surface area contributed by atoms with Crippen molar-refractivity contribution < 1.29 is 14.6 Å². The molecule has 1 N–H and O–H groups in total. The summed E-state index contributed by atoms with van der Waals surface area (Å²) >= 11 is 6.28. The number of halogens is 1. The minimum absolute atomic E-state index is 0.150. The van der Waals surface area contributed by atoms with Crippen LogP contribution in [0, 0.1) is 11.1 Å². The third kappa shape index (κ3) is 4.22. The largest absolute Gasteiger partial charge is 0.618 e. The van der Waals surface area contributed by atoms with Gasteiger partial charge in [0.05, 0.1) is 22.9 Å². The number of rotatable bonds is 7. The number of aromatic nitrogens is 5. The van der Waals surface area contributed by atoms with Gasteiger partial charge in [0.15, 0.2) is 6.20 Å². The van der Waals surface area contributed by atoms with Crippen molar-refractivity contribution in [3.05, 3.63) is 88.1 Å². The molecule has 4 aromatic rings. The highest BCUT2D eigenvalue weighted by molar-refractivity contribution is 6.31. The second kappa shape index (κ2) is 8.83. The Morgan fingerprint density at radius 3 is 2.78 bits per heavy atom. The molecule has 1 unspecified atom stereocenters. The number of carbonyl (C=O) groups is 1. The zero-order chi connectivity index (χ0) is 24.8. The Hall–Kier alpha value is -4.11. The number of carboxylic acid groups (broad SMARTS) is 1. The zero-order valence-corrected chi connectivity index (χ0v) is 19.8. The van der Waals surface area contributed by atoms with Gasteiger partial charge in [-0.3, -0.25) is 4.99 Å². The highest BCUT2D eigenvalue weighted by Crippen LogP contribution is 2.42. The molecule has 2 aromatic carbocycles. The summed E-state index contributed by atoms with van der Waals surface area (Å²) in [5, 5.41) is 34.7. The Balaban J connectivity index is 1.37. The number of aromatic carboxylic acids is 1. The highest BCUT2D eigenvalue weighted by atomic mass is 35.5. The number of aliphatic imine (C=N–C) groups is 1. The van der Waals surface area contributed by atoms with Crippen molar-refractivity contribution in [3.63, 3.8) is 0 Å². The number of benzene rings is 2. The van der Waals surface area contributed by atoms with Crippen LogP contribution in [0.5, 0.6) is 0 Å². The van der Waals surface area contributed by atoms with E-state index in [0.29, 0.717) is 40.0 Å². The summed E-state index contributed by atoms with van der Waals surface area (Å²) in [6.07, 6.45) is 6.78. The Morgan fingerprint density at radius 2 is 2.06 bits per heavy atom. The maximum Gasteiger partial charge on any atom is 0.335 e. The third-order valence-electron chi connectivity index (χ3n) is 6.80. The quantitative estimate of drug-likeness (QED) is 0.294. The summed E-state index contributed by atoms with van der Waals surface area (Å²) in [4.78, 5) is 16.2. The molecule has 1 aliphatic heterocycles. The molecule has 2 aliphatic rings. The molecular weight excluding hydrogens is 480 g/mol. The second-order valence-corrected chi connectivity index (χ2v) is 9.68. The van der Waals surface area contributed by atoms with E-state index in [-0.39, 0.29) is 11.5 Å². The van der Waals surface area contributed by atoms with Crippen molar-refractivity contribution in [1.82, 2.24) is 20.2 Å². The number of fused-ring (bicyclic) bond motifs is 1. The normalized spacial score (nSPS) is 15.4. The van der Waals surface area contributed by atoms with E-state index in [1.807, 2.05) is 24.3 Å². The fraction of sp³-hybridized carbons (Fsp3) is 0.231. The standard InChI is InChI=1S/C26H21ClN6O3/c27-19-6-8-24(32-14-28-30-31-32)20(12-19)18-5-7-25(33(36)13-18)21(9-15-1-2-15)23-10-16-3-4-17(26(34)35)11-22(16)29-23/h3-8,11-15,21H,1-2,9-10H2,(H,34,35). The van der Waals surface area contributed by atoms with Crippen molar-refractivity contribution >= 4 is 29.0 Å². The monoisotopic (exact) mass is 500 g/mol. The molecular formula is C26H21ClN6O3. The van der Waals surface area contributed by atoms with Crippen LogP contribution >= 0.6 is 11.6 Å². The number of pyridine rings is 1. The van der Waals surface area contributed by atoms with Gasteiger partial charge >= 0.3 is 5.97 Å². The molecule has 0 radical (unpaired) electrons. The van der Waals surface area contributed by atoms with Crippen molar-refractivity contribution in [2.24, 2.45) is 10.9 Å². The third-order valence-corrected chi connectivity index (χ3v) is 7.04. The molecule has 6 rings (SSSR count). The van der Waals surface area contributed by atoms with E-state index in [9.17, 15) is 15.1 Å². The molecule has 180 valence electrons. The van der Waals surface area contributed by atoms with E-state index >= 15 is 0 Å². The lowest BCUT2D eigenvalue weighted by Gasteiger charge is -2.17. The maximum absolute atomic E-state index is 13.4. The number of hydrogen-bond donors (Lipinski definition) is 1. The molecule has 0 bridgehead atoms. The molecule has 0 amide bonds. The number of nitrogens with zero attached hydrogens (tertiary/aromatic N) is 6. The maximum atomic E-state index is 13.4. The molecule has 10 heteroatoms. The topological polar surface area (TPSA) is 120 Å². The average Bonchev–Trinajstić information content (AvgIpc) is 3.34. The van der Waals surface area contributed by atoms with Gasteiger partial charge in [0, 0.05) is 34.3 Å². The summed E-state index contributed by atoms with van der Waals surface area (Å²) in [5.74, 6) is -0.566. The van der Waals surface area contributed by atoms with Crippen LogP contribution in [-0.2, 0) is 6.42 Å². The first-order chi connectivity index (χ1) is 17.5. The van der Waals surface area contributed by atoms with Crippen LogP contribution in [0.4, 0.5) is 5.69 Å². The van der Waals surface area contributed by atoms with E-state index in [4.69, 9.17) is 16.6 Å². The molecule has 1 saturated carbocycles. The molecule has 2 aromatic heterocycles. The minimum Gasteiger partial charge on any atom is -0.618 e. The summed E-state index contributed by atoms with van der Waals surface area (Å²) < 4.78 is 2.45. The van der Waals surface area contributed by atoms with Crippen LogP contribution < -0.4 is 4.73 Å². The molecule has 0 saturated heterocycles. The van der Waals surface area contributed by atoms with Gasteiger partial charge in [0.2, 0.25) is 5.69 Å². The van der Waals surface area contributed by atoms with Gasteiger partial charge in [0.25, 0.3) is 0 Å². The molecule has 1 fully saturated rings. The first-order valence-electron chi connectivity index (χ1n) is 11.7. The van der Waals surface area contributed by atoms with E-state index < -0.39 is 5.97 Å². The molecule has 3 heterocycles. The summed E-state index contributed by atoms with van der Waals surface area (Å²) in [5.41, 5.74) is 5.51. The van der Waals surface area contributed by atoms with Crippen molar-refractivity contribution in [2.45, 2.75) is 31.6 Å². The number of tetrazole rings is 1. The van der Waals surface area contributed by atoms with Gasteiger partial charge in [-0.15, -0.1) is 5.10 Å². The van der Waals surface area contributed by atoms with E-state index in [1.165, 1.54) is 11.0 Å². The number of hydrogen-bond acceptors (Lipinski definition) is 6. The highest BCUT2D eigenvalue weighted by Gasteiger charge is 2.35. The average molecular weight is 501 g/mol. The summed E-state index contributed by atoms with van der Waals surface area (Å²) in [7, 11) is 0. The van der Waals surface area contributed by atoms with Crippen LogP contribution in [0.15, 0.2) is 66.0 Å². The van der Waals surface area contributed by atoms with E-state index in [1.54, 1.807) is 30.5 Å². The fourth-order valence-corrected chi connectivity index (χ4v) is 4.96. The van der Waals surface area contributed by atoms with Crippen molar-refractivity contribution in [1.29, 1.82) is 0 Å². The fourth-order valence-electron chi connectivity index (χ4n) is 4.79. The predicted octanol–water partition coefficient (Wildman–Crippen LogP) is 4.53. The summed E-state index contributed by atoms with van der Waals surface area (Å²) in [6, 6.07) is 14.1. The SMILES string of the molecule is O=C(O)c1ccc2c(c1)N=C(C(CC1CC1)c1ccc(-c3cc(Cl)ccc3-n3cnnn3)c[n+]1[O-])C2. The Morgan fingerprint density at radius 1 is 1.19 bits per heavy atom. The first kappa shape index (κ1) is 22.4. The van der Waals surface area contributed by atoms with Crippen LogP contribution in [-0.4, -0.2) is 37.0 Å². The van der Waals surface area contributed by atoms with Crippen LogP contribution in [0.1, 0.15) is 46.8 Å². The smallest absolute Gasteiger partial charge is 0.335 e. The predicted molar refractivity (Wildman–Crippen MR) is 133 cm³/mol. The second-order valence-electron chi connectivity index (χ2n) is 9.24. The molecule has 9 nitrogen and oxygen atoms in total. The minimum atomic E-state index is -0.981. The van der Waals surface area contributed by atoms with E-state index in [0.717, 1.165) is 40.8 Å². The van der Waals surface area contributed by atoms with Gasteiger partial charge in [0.1, 0.15) is 6.33 Å². The lowest BCUT2D eigenvalue weighted by atomic mass is 9.89. The van der Waals surface area contributed by atoms with Crippen molar-refractivity contribution in [3.8, 4) is 16.8 Å². The molecule has 0 spiro atoms. The molecule has 1 aliphatic carbocycles. The Kier molecular flexibility index (Phi) is 5.49.